The highest BCUT2D eigenvalue weighted by molar-refractivity contribution is 6.08. The van der Waals surface area contributed by atoms with Crippen LogP contribution >= 0.6 is 0 Å². The van der Waals surface area contributed by atoms with Gasteiger partial charge in [0, 0.05) is 28.6 Å². The summed E-state index contributed by atoms with van der Waals surface area (Å²) in [5, 5.41) is 20.1. The minimum absolute atomic E-state index is 0.0141. The second-order valence-electron chi connectivity index (χ2n) is 6.13. The van der Waals surface area contributed by atoms with Crippen molar-refractivity contribution in [2.45, 2.75) is 0 Å². The molecule has 0 atom stereocenters. The topological polar surface area (TPSA) is 126 Å². The largest absolute Gasteiger partial charge is 0.508 e. The van der Waals surface area contributed by atoms with E-state index in [-0.39, 0.29) is 22.5 Å². The van der Waals surface area contributed by atoms with Crippen molar-refractivity contribution in [3.05, 3.63) is 70.4 Å². The van der Waals surface area contributed by atoms with Crippen LogP contribution in [0.3, 0.4) is 0 Å². The summed E-state index contributed by atoms with van der Waals surface area (Å²) in [5.74, 6) is -0.843. The zero-order valence-corrected chi connectivity index (χ0v) is 14.4. The molecule has 7 nitrogen and oxygen atoms in total. The van der Waals surface area contributed by atoms with E-state index in [9.17, 15) is 19.8 Å². The number of nitrogens with two attached hydrogens (primary N) is 1. The number of hydrogen-bond acceptors (Lipinski definition) is 5. The Labute approximate surface area is 158 Å². The van der Waals surface area contributed by atoms with Crippen molar-refractivity contribution in [1.29, 1.82) is 0 Å². The average molecular weight is 374 g/mol. The van der Waals surface area contributed by atoms with Gasteiger partial charge in [-0.1, -0.05) is 0 Å². The van der Waals surface area contributed by atoms with E-state index in [2.05, 4.69) is 4.99 Å². The van der Waals surface area contributed by atoms with Gasteiger partial charge in [0.25, 0.3) is 0 Å². The molecular weight excluding hydrogens is 360 g/mol. The van der Waals surface area contributed by atoms with Gasteiger partial charge in [0.15, 0.2) is 5.43 Å². The molecule has 2 aromatic rings. The molecule has 0 radical (unpaired) electrons. The zero-order chi connectivity index (χ0) is 19.8. The molecule has 0 saturated heterocycles. The number of benzene rings is 3. The molecule has 0 bridgehead atoms. The Morgan fingerprint density at radius 1 is 1.04 bits per heavy atom. The number of rotatable bonds is 3. The summed E-state index contributed by atoms with van der Waals surface area (Å²) in [5.41, 5.74) is 7.50. The van der Waals surface area contributed by atoms with Crippen molar-refractivity contribution in [3.63, 3.8) is 0 Å². The number of carboxylic acid groups (broad SMARTS) is 1. The van der Waals surface area contributed by atoms with E-state index < -0.39 is 5.97 Å². The van der Waals surface area contributed by atoms with Gasteiger partial charge in [-0.3, -0.25) is 4.79 Å². The van der Waals surface area contributed by atoms with E-state index in [1.165, 1.54) is 30.3 Å². The van der Waals surface area contributed by atoms with E-state index in [1.54, 1.807) is 24.3 Å². The van der Waals surface area contributed by atoms with Gasteiger partial charge in [-0.25, -0.2) is 9.79 Å². The van der Waals surface area contributed by atoms with Crippen molar-refractivity contribution >= 4 is 29.0 Å². The monoisotopic (exact) mass is 374 g/mol. The lowest BCUT2D eigenvalue weighted by molar-refractivity contribution is 0.0698. The van der Waals surface area contributed by atoms with Crippen LogP contribution in [-0.2, 0) is 0 Å². The number of phenolic OH excluding ortho intramolecular Hbond substituents is 1. The molecule has 0 aromatic heterocycles. The van der Waals surface area contributed by atoms with Gasteiger partial charge in [0.1, 0.15) is 17.1 Å². The predicted molar refractivity (Wildman–Crippen MR) is 106 cm³/mol. The number of aliphatic imine (C=N–C) groups is 1. The summed E-state index contributed by atoms with van der Waals surface area (Å²) in [6.07, 6.45) is 1.12. The predicted octanol–water partition coefficient (Wildman–Crippen LogP) is 3.59. The Balaban J connectivity index is 2.20. The number of nitrogens with zero attached hydrogens (tertiary/aromatic N) is 1. The molecule has 0 saturated carbocycles. The summed E-state index contributed by atoms with van der Waals surface area (Å²) in [4.78, 5) is 27.7. The van der Waals surface area contributed by atoms with Gasteiger partial charge in [0.05, 0.1) is 17.6 Å². The third-order valence-electron chi connectivity index (χ3n) is 4.40. The summed E-state index contributed by atoms with van der Waals surface area (Å²) in [6.45, 7) is 0. The van der Waals surface area contributed by atoms with Crippen LogP contribution in [-0.4, -0.2) is 22.5 Å². The smallest absolute Gasteiger partial charge is 0.336 e. The quantitative estimate of drug-likeness (QED) is 0.286. The van der Waals surface area contributed by atoms with E-state index in [1.807, 2.05) is 0 Å². The summed E-state index contributed by atoms with van der Waals surface area (Å²) < 4.78 is 5.79. The van der Waals surface area contributed by atoms with E-state index in [0.29, 0.717) is 33.3 Å². The van der Waals surface area contributed by atoms with Gasteiger partial charge in [-0.2, -0.15) is 0 Å². The lowest BCUT2D eigenvalue weighted by Crippen LogP contribution is -2.03. The maximum Gasteiger partial charge on any atom is 0.336 e. The lowest BCUT2D eigenvalue weighted by Gasteiger charge is -2.17. The Hall–Kier alpha value is -4.13. The molecule has 2 aromatic carbocycles. The zero-order valence-electron chi connectivity index (χ0n) is 14.4. The van der Waals surface area contributed by atoms with Crippen LogP contribution < -0.4 is 11.2 Å². The van der Waals surface area contributed by atoms with E-state index >= 15 is 0 Å². The first-order chi connectivity index (χ1) is 13.5. The SMILES string of the molecule is NC=Nc1ccc(C(=O)O)c(-c2c3ccc(=O)cc-3oc3cc(O)ccc23)c1. The van der Waals surface area contributed by atoms with E-state index in [4.69, 9.17) is 10.2 Å². The fourth-order valence-electron chi connectivity index (χ4n) is 3.24. The fraction of sp³-hybridized carbons (Fsp3) is 0. The van der Waals surface area contributed by atoms with Crippen LogP contribution in [0.25, 0.3) is 33.4 Å². The molecule has 4 N–H and O–H groups in total. The molecular formula is C21H14N2O5. The first-order valence-corrected chi connectivity index (χ1v) is 8.29. The van der Waals surface area contributed by atoms with Crippen LogP contribution in [0, 0.1) is 0 Å². The maximum absolute atomic E-state index is 11.9. The van der Waals surface area contributed by atoms with Gasteiger partial charge >= 0.3 is 5.97 Å². The molecule has 28 heavy (non-hydrogen) atoms. The molecule has 0 fully saturated rings. The summed E-state index contributed by atoms with van der Waals surface area (Å²) >= 11 is 0. The standard InChI is InChI=1S/C21H14N2O5/c22-10-23-11-1-4-14(21(26)27)17(7-11)20-15-5-2-12(24)8-18(15)28-19-9-13(25)3-6-16(19)20/h1-10,24H,(H2,22,23)(H,26,27). The number of hydrogen-bond donors (Lipinski definition) is 3. The minimum Gasteiger partial charge on any atom is -0.508 e. The molecule has 0 unspecified atom stereocenters. The molecule has 1 aliphatic carbocycles. The average Bonchev–Trinajstić information content (AvgIpc) is 2.66. The van der Waals surface area contributed by atoms with Crippen LogP contribution in [0.5, 0.6) is 5.75 Å². The number of fused-ring (bicyclic) bond motifs is 2. The maximum atomic E-state index is 11.9. The Morgan fingerprint density at radius 2 is 1.86 bits per heavy atom. The van der Waals surface area contributed by atoms with Crippen LogP contribution in [0.15, 0.2) is 68.8 Å². The second kappa shape index (κ2) is 6.55. The molecule has 0 amide bonds. The van der Waals surface area contributed by atoms with Crippen molar-refractivity contribution in [2.75, 3.05) is 0 Å². The minimum atomic E-state index is -1.11. The number of carboxylic acids is 1. The molecule has 7 heteroatoms. The van der Waals surface area contributed by atoms with Crippen molar-refractivity contribution in [3.8, 4) is 28.2 Å². The highest BCUT2D eigenvalue weighted by atomic mass is 16.4. The third kappa shape index (κ3) is 2.84. The van der Waals surface area contributed by atoms with E-state index in [0.717, 1.165) is 6.34 Å². The molecule has 4 rings (SSSR count). The van der Waals surface area contributed by atoms with Crippen molar-refractivity contribution in [2.24, 2.45) is 10.7 Å². The van der Waals surface area contributed by atoms with Crippen LogP contribution in [0.2, 0.25) is 0 Å². The number of aromatic hydroxyl groups is 1. The molecule has 2 aliphatic rings. The number of phenols is 1. The molecule has 1 aliphatic heterocycles. The van der Waals surface area contributed by atoms with Gasteiger partial charge in [0.2, 0.25) is 0 Å². The fourth-order valence-corrected chi connectivity index (χ4v) is 3.24. The second-order valence-corrected chi connectivity index (χ2v) is 6.13. The molecule has 1 heterocycles. The highest BCUT2D eigenvalue weighted by Crippen LogP contribution is 2.42. The van der Waals surface area contributed by atoms with Gasteiger partial charge in [-0.15, -0.1) is 0 Å². The normalized spacial score (nSPS) is 11.4. The molecule has 0 spiro atoms. The third-order valence-corrected chi connectivity index (χ3v) is 4.40. The first-order valence-electron chi connectivity index (χ1n) is 8.29. The Kier molecular flexibility index (Phi) is 4.04. The number of carbonyl (C=O) groups is 1. The van der Waals surface area contributed by atoms with Gasteiger partial charge < -0.3 is 20.4 Å². The molecule has 138 valence electrons. The highest BCUT2D eigenvalue weighted by Gasteiger charge is 2.22. The summed E-state index contributed by atoms with van der Waals surface area (Å²) in [7, 11) is 0. The van der Waals surface area contributed by atoms with Crippen molar-refractivity contribution < 1.29 is 19.4 Å². The Bertz CT molecular complexity index is 1290. The van der Waals surface area contributed by atoms with Gasteiger partial charge in [-0.05, 0) is 48.0 Å². The van der Waals surface area contributed by atoms with Crippen LogP contribution in [0.1, 0.15) is 10.4 Å². The van der Waals surface area contributed by atoms with Crippen molar-refractivity contribution in [1.82, 2.24) is 0 Å². The van der Waals surface area contributed by atoms with Crippen LogP contribution in [0.4, 0.5) is 5.69 Å². The lowest BCUT2D eigenvalue weighted by atomic mass is 9.90. The Morgan fingerprint density at radius 3 is 2.61 bits per heavy atom. The number of aromatic carboxylic acids is 1. The summed E-state index contributed by atoms with van der Waals surface area (Å²) in [6, 6.07) is 13.4. The first kappa shape index (κ1) is 17.3.